The van der Waals surface area contributed by atoms with Crippen molar-refractivity contribution in [1.29, 1.82) is 0 Å². The number of carbonyl (C=O) groups excluding carboxylic acids is 2. The standard InChI is InChI=1S/C17H20N6O2/c24-15(21-8-10-22(11-9-21)17(25)14-6-7-14)12-23-19-16(18-20-23)13-4-2-1-3-5-13/h1-5,14H,6-12H2. The van der Waals surface area contributed by atoms with Crippen LogP contribution in [0.2, 0.25) is 0 Å². The Bertz CT molecular complexity index is 762. The Hall–Kier alpha value is -2.77. The number of piperazine rings is 1. The molecule has 0 atom stereocenters. The average Bonchev–Trinajstić information content (AvgIpc) is 3.41. The first-order valence-corrected chi connectivity index (χ1v) is 8.60. The molecule has 0 radical (unpaired) electrons. The number of aromatic nitrogens is 4. The molecule has 130 valence electrons. The van der Waals surface area contributed by atoms with Crippen LogP contribution in [0.5, 0.6) is 0 Å². The van der Waals surface area contributed by atoms with Gasteiger partial charge in [0, 0.05) is 37.7 Å². The number of benzene rings is 1. The predicted octanol–water partition coefficient (Wildman–Crippen LogP) is 0.421. The van der Waals surface area contributed by atoms with Crippen molar-refractivity contribution in [2.45, 2.75) is 19.4 Å². The van der Waals surface area contributed by atoms with Gasteiger partial charge in [0.25, 0.3) is 0 Å². The summed E-state index contributed by atoms with van der Waals surface area (Å²) >= 11 is 0. The maximum Gasteiger partial charge on any atom is 0.246 e. The second kappa shape index (κ2) is 6.62. The lowest BCUT2D eigenvalue weighted by Gasteiger charge is -2.34. The molecule has 8 heteroatoms. The molecule has 2 aliphatic rings. The molecule has 1 aromatic carbocycles. The minimum atomic E-state index is -0.0458. The van der Waals surface area contributed by atoms with Gasteiger partial charge < -0.3 is 9.80 Å². The van der Waals surface area contributed by atoms with E-state index >= 15 is 0 Å². The number of nitrogens with zero attached hydrogens (tertiary/aromatic N) is 6. The van der Waals surface area contributed by atoms with Crippen molar-refractivity contribution < 1.29 is 9.59 Å². The molecule has 1 aliphatic heterocycles. The summed E-state index contributed by atoms with van der Waals surface area (Å²) in [5.41, 5.74) is 0.869. The maximum absolute atomic E-state index is 12.4. The fraction of sp³-hybridized carbons (Fsp3) is 0.471. The zero-order valence-corrected chi connectivity index (χ0v) is 13.9. The van der Waals surface area contributed by atoms with Crippen molar-refractivity contribution in [3.05, 3.63) is 30.3 Å². The topological polar surface area (TPSA) is 84.2 Å². The van der Waals surface area contributed by atoms with Gasteiger partial charge in [0.1, 0.15) is 6.54 Å². The van der Waals surface area contributed by atoms with E-state index in [2.05, 4.69) is 15.4 Å². The number of hydrogen-bond donors (Lipinski definition) is 0. The smallest absolute Gasteiger partial charge is 0.246 e. The summed E-state index contributed by atoms with van der Waals surface area (Å²) in [6.45, 7) is 2.42. The summed E-state index contributed by atoms with van der Waals surface area (Å²) in [5, 5.41) is 12.2. The van der Waals surface area contributed by atoms with E-state index in [9.17, 15) is 9.59 Å². The van der Waals surface area contributed by atoms with Gasteiger partial charge in [-0.25, -0.2) is 0 Å². The highest BCUT2D eigenvalue weighted by Crippen LogP contribution is 2.31. The minimum Gasteiger partial charge on any atom is -0.339 e. The molecule has 25 heavy (non-hydrogen) atoms. The SMILES string of the molecule is O=C(Cn1nnc(-c2ccccc2)n1)N1CCN(C(=O)C2CC2)CC1. The number of rotatable bonds is 4. The molecule has 0 N–H and O–H groups in total. The van der Waals surface area contributed by atoms with Crippen LogP contribution in [0.1, 0.15) is 12.8 Å². The van der Waals surface area contributed by atoms with E-state index in [1.54, 1.807) is 4.90 Å². The zero-order valence-electron chi connectivity index (χ0n) is 13.9. The van der Waals surface area contributed by atoms with Gasteiger partial charge in [0.2, 0.25) is 17.6 Å². The first-order chi connectivity index (χ1) is 12.2. The van der Waals surface area contributed by atoms with Gasteiger partial charge in [0.05, 0.1) is 0 Å². The van der Waals surface area contributed by atoms with Crippen molar-refractivity contribution in [3.63, 3.8) is 0 Å². The minimum absolute atomic E-state index is 0.0458. The third kappa shape index (κ3) is 3.52. The third-order valence-electron chi connectivity index (χ3n) is 4.63. The molecule has 2 fully saturated rings. The third-order valence-corrected chi connectivity index (χ3v) is 4.63. The largest absolute Gasteiger partial charge is 0.339 e. The molecule has 1 aromatic heterocycles. The Kier molecular flexibility index (Phi) is 4.17. The highest BCUT2D eigenvalue weighted by Gasteiger charge is 2.35. The van der Waals surface area contributed by atoms with E-state index in [0.29, 0.717) is 32.0 Å². The Morgan fingerprint density at radius 3 is 2.36 bits per heavy atom. The first kappa shape index (κ1) is 15.7. The van der Waals surface area contributed by atoms with Crippen LogP contribution < -0.4 is 0 Å². The lowest BCUT2D eigenvalue weighted by Crippen LogP contribution is -2.51. The highest BCUT2D eigenvalue weighted by atomic mass is 16.2. The molecule has 0 unspecified atom stereocenters. The second-order valence-electron chi connectivity index (χ2n) is 6.49. The van der Waals surface area contributed by atoms with Gasteiger partial charge in [-0.2, -0.15) is 4.80 Å². The van der Waals surface area contributed by atoms with Crippen molar-refractivity contribution in [1.82, 2.24) is 30.0 Å². The molecule has 0 spiro atoms. The number of amides is 2. The van der Waals surface area contributed by atoms with Crippen LogP contribution in [0.15, 0.2) is 30.3 Å². The van der Waals surface area contributed by atoms with E-state index in [-0.39, 0.29) is 24.3 Å². The van der Waals surface area contributed by atoms with Crippen molar-refractivity contribution in [2.24, 2.45) is 5.92 Å². The van der Waals surface area contributed by atoms with Crippen LogP contribution >= 0.6 is 0 Å². The fourth-order valence-electron chi connectivity index (χ4n) is 3.00. The highest BCUT2D eigenvalue weighted by molar-refractivity contribution is 5.81. The summed E-state index contributed by atoms with van der Waals surface area (Å²) in [7, 11) is 0. The van der Waals surface area contributed by atoms with Crippen LogP contribution in [-0.4, -0.2) is 68.0 Å². The average molecular weight is 340 g/mol. The first-order valence-electron chi connectivity index (χ1n) is 8.60. The lowest BCUT2D eigenvalue weighted by atomic mass is 10.2. The molecule has 2 heterocycles. The molecule has 2 aromatic rings. The molecule has 1 saturated carbocycles. The molecule has 1 aliphatic carbocycles. The Balaban J connectivity index is 1.32. The van der Waals surface area contributed by atoms with Gasteiger partial charge in [-0.3, -0.25) is 9.59 Å². The van der Waals surface area contributed by atoms with Crippen molar-refractivity contribution in [3.8, 4) is 11.4 Å². The van der Waals surface area contributed by atoms with Crippen LogP contribution in [0.25, 0.3) is 11.4 Å². The molecule has 1 saturated heterocycles. The zero-order chi connectivity index (χ0) is 17.2. The molecule has 0 bridgehead atoms. The Morgan fingerprint density at radius 2 is 1.68 bits per heavy atom. The van der Waals surface area contributed by atoms with Crippen LogP contribution in [-0.2, 0) is 16.1 Å². The van der Waals surface area contributed by atoms with Crippen LogP contribution in [0, 0.1) is 5.92 Å². The van der Waals surface area contributed by atoms with Crippen molar-refractivity contribution in [2.75, 3.05) is 26.2 Å². The van der Waals surface area contributed by atoms with E-state index in [0.717, 1.165) is 18.4 Å². The Labute approximate surface area is 145 Å². The molecular formula is C17H20N6O2. The van der Waals surface area contributed by atoms with E-state index in [1.807, 2.05) is 35.2 Å². The monoisotopic (exact) mass is 340 g/mol. The maximum atomic E-state index is 12.4. The van der Waals surface area contributed by atoms with Gasteiger partial charge in [-0.1, -0.05) is 30.3 Å². The van der Waals surface area contributed by atoms with Gasteiger partial charge >= 0.3 is 0 Å². The van der Waals surface area contributed by atoms with E-state index in [4.69, 9.17) is 0 Å². The van der Waals surface area contributed by atoms with Gasteiger partial charge in [-0.15, -0.1) is 10.2 Å². The number of carbonyl (C=O) groups is 2. The molecular weight excluding hydrogens is 320 g/mol. The van der Waals surface area contributed by atoms with Crippen molar-refractivity contribution >= 4 is 11.8 Å². The van der Waals surface area contributed by atoms with E-state index < -0.39 is 0 Å². The van der Waals surface area contributed by atoms with Crippen LogP contribution in [0.3, 0.4) is 0 Å². The summed E-state index contributed by atoms with van der Waals surface area (Å²) in [5.74, 6) is 0.944. The second-order valence-corrected chi connectivity index (χ2v) is 6.49. The quantitative estimate of drug-likeness (QED) is 0.805. The normalized spacial score (nSPS) is 17.6. The van der Waals surface area contributed by atoms with E-state index in [1.165, 1.54) is 4.80 Å². The predicted molar refractivity (Wildman–Crippen MR) is 89.1 cm³/mol. The Morgan fingerprint density at radius 1 is 1.00 bits per heavy atom. The molecule has 4 rings (SSSR count). The summed E-state index contributed by atoms with van der Waals surface area (Å²) in [4.78, 5) is 29.5. The molecule has 8 nitrogen and oxygen atoms in total. The van der Waals surface area contributed by atoms with Gasteiger partial charge in [-0.05, 0) is 18.1 Å². The van der Waals surface area contributed by atoms with Gasteiger partial charge in [0.15, 0.2) is 0 Å². The number of tetrazole rings is 1. The summed E-state index contributed by atoms with van der Waals surface area (Å²) in [6, 6.07) is 9.54. The fourth-order valence-corrected chi connectivity index (χ4v) is 3.00. The molecule has 2 amide bonds. The lowest BCUT2D eigenvalue weighted by molar-refractivity contribution is -0.140. The number of hydrogen-bond acceptors (Lipinski definition) is 5. The summed E-state index contributed by atoms with van der Waals surface area (Å²) < 4.78 is 0. The van der Waals surface area contributed by atoms with Crippen LogP contribution in [0.4, 0.5) is 0 Å². The summed E-state index contributed by atoms with van der Waals surface area (Å²) in [6.07, 6.45) is 2.03.